The molecule has 0 fully saturated rings. The van der Waals surface area contributed by atoms with E-state index < -0.39 is 0 Å². The van der Waals surface area contributed by atoms with Crippen molar-refractivity contribution in [3.05, 3.63) is 0 Å². The van der Waals surface area contributed by atoms with Crippen molar-refractivity contribution in [3.63, 3.8) is 0 Å². The van der Waals surface area contributed by atoms with E-state index >= 15 is 0 Å². The maximum atomic E-state index is 8.80. The summed E-state index contributed by atoms with van der Waals surface area (Å²) in [5.74, 6) is 1.99. The predicted molar refractivity (Wildman–Crippen MR) is 53.3 cm³/mol. The zero-order valence-corrected chi connectivity index (χ0v) is 8.71. The number of thioether (sulfide) groups is 2. The SMILES string of the molecule is CCSC(CO)OCCSC. The molecular weight excluding hydrogens is 180 g/mol. The van der Waals surface area contributed by atoms with Gasteiger partial charge < -0.3 is 9.84 Å². The summed E-state index contributed by atoms with van der Waals surface area (Å²) in [6, 6.07) is 0. The molecule has 0 aliphatic rings. The van der Waals surface area contributed by atoms with Crippen LogP contribution in [0.15, 0.2) is 0 Å². The summed E-state index contributed by atoms with van der Waals surface area (Å²) in [4.78, 5) is 0. The summed E-state index contributed by atoms with van der Waals surface area (Å²) in [6.07, 6.45) is 2.05. The van der Waals surface area contributed by atoms with Crippen LogP contribution in [0.1, 0.15) is 6.92 Å². The lowest BCUT2D eigenvalue weighted by Crippen LogP contribution is -2.15. The fraction of sp³-hybridized carbons (Fsp3) is 1.00. The maximum absolute atomic E-state index is 8.80. The van der Waals surface area contributed by atoms with Crippen LogP contribution in [0.2, 0.25) is 0 Å². The lowest BCUT2D eigenvalue weighted by Gasteiger charge is -2.12. The molecule has 0 spiro atoms. The van der Waals surface area contributed by atoms with E-state index in [2.05, 4.69) is 6.92 Å². The highest BCUT2D eigenvalue weighted by Gasteiger charge is 2.04. The number of hydrogen-bond donors (Lipinski definition) is 1. The molecule has 0 bridgehead atoms. The lowest BCUT2D eigenvalue weighted by atomic mass is 10.7. The van der Waals surface area contributed by atoms with Crippen LogP contribution < -0.4 is 0 Å². The number of hydrogen-bond acceptors (Lipinski definition) is 4. The number of ether oxygens (including phenoxy) is 1. The molecule has 0 aromatic heterocycles. The van der Waals surface area contributed by atoms with Gasteiger partial charge in [-0.3, -0.25) is 0 Å². The first-order chi connectivity index (χ1) is 5.35. The fourth-order valence-corrected chi connectivity index (χ4v) is 1.53. The Labute approximate surface area is 77.1 Å². The van der Waals surface area contributed by atoms with Gasteiger partial charge in [-0.2, -0.15) is 11.8 Å². The standard InChI is InChI=1S/C7H16O2S2/c1-3-11-7(6-8)9-4-5-10-2/h7-8H,3-6H2,1-2H3. The smallest absolute Gasteiger partial charge is 0.126 e. The van der Waals surface area contributed by atoms with Crippen molar-refractivity contribution in [1.82, 2.24) is 0 Å². The Hall–Kier alpha value is 0.620. The number of aliphatic hydroxyl groups excluding tert-OH is 1. The van der Waals surface area contributed by atoms with E-state index in [4.69, 9.17) is 9.84 Å². The van der Waals surface area contributed by atoms with Crippen molar-refractivity contribution in [3.8, 4) is 0 Å². The van der Waals surface area contributed by atoms with Crippen LogP contribution in [0.25, 0.3) is 0 Å². The molecule has 0 saturated heterocycles. The average Bonchev–Trinajstić information content (AvgIpc) is 2.03. The van der Waals surface area contributed by atoms with Crippen LogP contribution >= 0.6 is 23.5 Å². The summed E-state index contributed by atoms with van der Waals surface area (Å²) in [7, 11) is 0. The molecule has 1 unspecified atom stereocenters. The Morgan fingerprint density at radius 2 is 2.27 bits per heavy atom. The first-order valence-electron chi connectivity index (χ1n) is 3.68. The van der Waals surface area contributed by atoms with E-state index in [1.807, 2.05) is 6.26 Å². The predicted octanol–water partition coefficient (Wildman–Crippen LogP) is 1.44. The Bertz CT molecular complexity index is 80.8. The maximum Gasteiger partial charge on any atom is 0.126 e. The monoisotopic (exact) mass is 196 g/mol. The van der Waals surface area contributed by atoms with Gasteiger partial charge in [-0.25, -0.2) is 0 Å². The third-order valence-electron chi connectivity index (χ3n) is 1.09. The molecule has 2 nitrogen and oxygen atoms in total. The van der Waals surface area contributed by atoms with Gasteiger partial charge in [0, 0.05) is 5.75 Å². The van der Waals surface area contributed by atoms with Crippen LogP contribution in [0.3, 0.4) is 0 Å². The molecule has 0 aromatic rings. The van der Waals surface area contributed by atoms with Crippen LogP contribution in [-0.4, -0.2) is 41.5 Å². The lowest BCUT2D eigenvalue weighted by molar-refractivity contribution is 0.0790. The highest BCUT2D eigenvalue weighted by Crippen LogP contribution is 2.11. The van der Waals surface area contributed by atoms with Crippen molar-refractivity contribution in [2.24, 2.45) is 0 Å². The molecule has 1 N–H and O–H groups in total. The summed E-state index contributed by atoms with van der Waals surface area (Å²) >= 11 is 3.40. The number of rotatable bonds is 7. The molecule has 0 radical (unpaired) electrons. The minimum Gasteiger partial charge on any atom is -0.393 e. The molecule has 0 heterocycles. The molecule has 0 aromatic carbocycles. The molecule has 0 rings (SSSR count). The van der Waals surface area contributed by atoms with Crippen molar-refractivity contribution in [2.75, 3.05) is 31.0 Å². The zero-order chi connectivity index (χ0) is 8.53. The molecule has 4 heteroatoms. The Balaban J connectivity index is 3.20. The third kappa shape index (κ3) is 7.00. The van der Waals surface area contributed by atoms with Gasteiger partial charge in [-0.1, -0.05) is 6.92 Å². The van der Waals surface area contributed by atoms with E-state index in [-0.39, 0.29) is 12.0 Å². The van der Waals surface area contributed by atoms with E-state index in [1.54, 1.807) is 23.5 Å². The Morgan fingerprint density at radius 3 is 2.73 bits per heavy atom. The highest BCUT2D eigenvalue weighted by atomic mass is 32.2. The van der Waals surface area contributed by atoms with Gasteiger partial charge >= 0.3 is 0 Å². The van der Waals surface area contributed by atoms with Gasteiger partial charge in [-0.15, -0.1) is 11.8 Å². The van der Waals surface area contributed by atoms with Gasteiger partial charge in [0.25, 0.3) is 0 Å². The molecule has 0 aliphatic heterocycles. The molecule has 68 valence electrons. The van der Waals surface area contributed by atoms with Gasteiger partial charge in [0.2, 0.25) is 0 Å². The molecule has 1 atom stereocenters. The Morgan fingerprint density at radius 1 is 1.55 bits per heavy atom. The average molecular weight is 196 g/mol. The second-order valence-electron chi connectivity index (χ2n) is 1.93. The normalized spacial score (nSPS) is 13.4. The fourth-order valence-electron chi connectivity index (χ4n) is 0.602. The van der Waals surface area contributed by atoms with E-state index in [9.17, 15) is 0 Å². The Kier molecular flexibility index (Phi) is 9.21. The zero-order valence-electron chi connectivity index (χ0n) is 7.08. The summed E-state index contributed by atoms with van der Waals surface area (Å²) in [6.45, 7) is 2.91. The summed E-state index contributed by atoms with van der Waals surface area (Å²) < 4.78 is 5.36. The van der Waals surface area contributed by atoms with Crippen LogP contribution in [0.4, 0.5) is 0 Å². The second-order valence-corrected chi connectivity index (χ2v) is 4.35. The van der Waals surface area contributed by atoms with Crippen molar-refractivity contribution in [2.45, 2.75) is 12.4 Å². The third-order valence-corrected chi connectivity index (χ3v) is 2.66. The minimum absolute atomic E-state index is 0.0212. The minimum atomic E-state index is -0.0212. The van der Waals surface area contributed by atoms with E-state index in [0.717, 1.165) is 18.1 Å². The van der Waals surface area contributed by atoms with E-state index in [1.165, 1.54) is 0 Å². The van der Waals surface area contributed by atoms with Crippen molar-refractivity contribution < 1.29 is 9.84 Å². The van der Waals surface area contributed by atoms with E-state index in [0.29, 0.717) is 0 Å². The van der Waals surface area contributed by atoms with Gasteiger partial charge in [0.1, 0.15) is 5.44 Å². The van der Waals surface area contributed by atoms with Crippen LogP contribution in [-0.2, 0) is 4.74 Å². The van der Waals surface area contributed by atoms with Crippen molar-refractivity contribution in [1.29, 1.82) is 0 Å². The van der Waals surface area contributed by atoms with Gasteiger partial charge in [0.15, 0.2) is 0 Å². The van der Waals surface area contributed by atoms with Crippen LogP contribution in [0, 0.1) is 0 Å². The molecule has 11 heavy (non-hydrogen) atoms. The first kappa shape index (κ1) is 11.6. The highest BCUT2D eigenvalue weighted by molar-refractivity contribution is 7.99. The van der Waals surface area contributed by atoms with Gasteiger partial charge in [-0.05, 0) is 12.0 Å². The second kappa shape index (κ2) is 8.71. The molecule has 0 aliphatic carbocycles. The molecule has 0 saturated carbocycles. The topological polar surface area (TPSA) is 29.5 Å². The molecule has 0 amide bonds. The quantitative estimate of drug-likeness (QED) is 0.493. The summed E-state index contributed by atoms with van der Waals surface area (Å²) in [5.41, 5.74) is -0.0212. The van der Waals surface area contributed by atoms with Crippen molar-refractivity contribution >= 4 is 23.5 Å². The first-order valence-corrected chi connectivity index (χ1v) is 6.12. The van der Waals surface area contributed by atoms with Gasteiger partial charge in [0.05, 0.1) is 13.2 Å². The van der Waals surface area contributed by atoms with Crippen LogP contribution in [0.5, 0.6) is 0 Å². The largest absolute Gasteiger partial charge is 0.393 e. The summed E-state index contributed by atoms with van der Waals surface area (Å²) in [5, 5.41) is 8.80. The number of aliphatic hydroxyl groups is 1. The molecular formula is C7H16O2S2.